The van der Waals surface area contributed by atoms with Crippen LogP contribution in [0.15, 0.2) is 6.20 Å². The number of halogens is 1. The summed E-state index contributed by atoms with van der Waals surface area (Å²) in [4.78, 5) is 6.72. The summed E-state index contributed by atoms with van der Waals surface area (Å²) >= 11 is 6.06. The van der Waals surface area contributed by atoms with Gasteiger partial charge in [0.15, 0.2) is 0 Å². The molecule has 4 heteroatoms. The molecular weight excluding hydrogens is 222 g/mol. The van der Waals surface area contributed by atoms with Crippen molar-refractivity contribution in [3.05, 3.63) is 17.2 Å². The third-order valence-corrected chi connectivity index (χ3v) is 3.91. The van der Waals surface area contributed by atoms with Crippen molar-refractivity contribution in [2.24, 2.45) is 0 Å². The molecule has 0 saturated carbocycles. The Morgan fingerprint density at radius 1 is 1.31 bits per heavy atom. The van der Waals surface area contributed by atoms with Gasteiger partial charge in [-0.2, -0.15) is 0 Å². The van der Waals surface area contributed by atoms with E-state index in [0.717, 1.165) is 6.54 Å². The molecule has 1 aliphatic rings. The normalized spacial score (nSPS) is 19.2. The van der Waals surface area contributed by atoms with Crippen LogP contribution in [-0.4, -0.2) is 34.1 Å². The van der Waals surface area contributed by atoms with E-state index < -0.39 is 0 Å². The van der Waals surface area contributed by atoms with E-state index in [9.17, 15) is 0 Å². The Bertz CT molecular complexity index is 340. The van der Waals surface area contributed by atoms with E-state index in [1.54, 1.807) is 0 Å². The van der Waals surface area contributed by atoms with E-state index in [4.69, 9.17) is 11.6 Å². The molecule has 0 amide bonds. The molecule has 3 nitrogen and oxygen atoms in total. The fraction of sp³-hybridized carbons (Fsp3) is 0.750. The minimum absolute atomic E-state index is 0.635. The number of imidazole rings is 1. The second kappa shape index (κ2) is 5.19. The van der Waals surface area contributed by atoms with Gasteiger partial charge < -0.3 is 9.47 Å². The first kappa shape index (κ1) is 11.9. The van der Waals surface area contributed by atoms with Gasteiger partial charge in [0.1, 0.15) is 0 Å². The highest BCUT2D eigenvalue weighted by Gasteiger charge is 2.23. The molecule has 0 unspecified atom stereocenters. The van der Waals surface area contributed by atoms with Crippen LogP contribution in [-0.2, 0) is 6.54 Å². The van der Waals surface area contributed by atoms with Gasteiger partial charge >= 0.3 is 0 Å². The molecule has 1 aromatic heterocycles. The zero-order valence-electron chi connectivity index (χ0n) is 10.1. The summed E-state index contributed by atoms with van der Waals surface area (Å²) in [6.45, 7) is 8.84. The molecule has 2 heterocycles. The number of hydrogen-bond donors (Lipinski definition) is 0. The quantitative estimate of drug-likeness (QED) is 0.812. The molecule has 0 bridgehead atoms. The molecule has 0 aromatic carbocycles. The summed E-state index contributed by atoms with van der Waals surface area (Å²) < 4.78 is 2.13. The van der Waals surface area contributed by atoms with Gasteiger partial charge in [-0.3, -0.25) is 0 Å². The minimum Gasteiger partial charge on any atom is -0.319 e. The van der Waals surface area contributed by atoms with Gasteiger partial charge in [0.05, 0.1) is 6.20 Å². The van der Waals surface area contributed by atoms with Crippen molar-refractivity contribution in [2.45, 2.75) is 39.2 Å². The van der Waals surface area contributed by atoms with Crippen molar-refractivity contribution in [1.29, 1.82) is 0 Å². The number of rotatable bonds is 3. The van der Waals surface area contributed by atoms with Crippen molar-refractivity contribution < 1.29 is 0 Å². The molecule has 0 atom stereocenters. The van der Waals surface area contributed by atoms with Gasteiger partial charge in [0.2, 0.25) is 5.28 Å². The molecule has 16 heavy (non-hydrogen) atoms. The van der Waals surface area contributed by atoms with Crippen molar-refractivity contribution in [3.8, 4) is 0 Å². The van der Waals surface area contributed by atoms with Crippen LogP contribution in [0.5, 0.6) is 0 Å². The largest absolute Gasteiger partial charge is 0.319 e. The maximum atomic E-state index is 6.06. The van der Waals surface area contributed by atoms with Crippen molar-refractivity contribution in [2.75, 3.05) is 19.6 Å². The predicted molar refractivity (Wildman–Crippen MR) is 67.0 cm³/mol. The molecule has 1 aliphatic heterocycles. The first-order chi connectivity index (χ1) is 7.76. The standard InChI is InChI=1S/C12H20ClN3/c1-3-15-7-5-10(6-8-15)11-9-14-12(13)16(11)4-2/h9-10H,3-8H2,1-2H3. The summed E-state index contributed by atoms with van der Waals surface area (Å²) in [7, 11) is 0. The molecule has 0 aliphatic carbocycles. The lowest BCUT2D eigenvalue weighted by Crippen LogP contribution is -2.33. The lowest BCUT2D eigenvalue weighted by Gasteiger charge is -2.31. The molecule has 1 fully saturated rings. The molecule has 0 radical (unpaired) electrons. The zero-order valence-corrected chi connectivity index (χ0v) is 10.9. The van der Waals surface area contributed by atoms with Crippen LogP contribution in [0.25, 0.3) is 0 Å². The average molecular weight is 242 g/mol. The summed E-state index contributed by atoms with van der Waals surface area (Å²) in [6.07, 6.45) is 4.42. The van der Waals surface area contributed by atoms with E-state index >= 15 is 0 Å². The fourth-order valence-electron chi connectivity index (χ4n) is 2.55. The number of piperidine rings is 1. The highest BCUT2D eigenvalue weighted by atomic mass is 35.5. The average Bonchev–Trinajstić information content (AvgIpc) is 2.70. The minimum atomic E-state index is 0.635. The summed E-state index contributed by atoms with van der Waals surface area (Å²) in [6, 6.07) is 0. The van der Waals surface area contributed by atoms with Crippen LogP contribution in [0.1, 0.15) is 38.3 Å². The van der Waals surface area contributed by atoms with Crippen molar-refractivity contribution in [1.82, 2.24) is 14.5 Å². The van der Waals surface area contributed by atoms with Crippen LogP contribution in [0.3, 0.4) is 0 Å². The fourth-order valence-corrected chi connectivity index (χ4v) is 2.82. The Kier molecular flexibility index (Phi) is 3.87. The molecule has 90 valence electrons. The van der Waals surface area contributed by atoms with Gasteiger partial charge in [0, 0.05) is 18.2 Å². The highest BCUT2D eigenvalue weighted by Crippen LogP contribution is 2.29. The van der Waals surface area contributed by atoms with E-state index in [1.165, 1.54) is 38.2 Å². The summed E-state index contributed by atoms with van der Waals surface area (Å²) in [5.74, 6) is 0.641. The molecule has 2 rings (SSSR count). The lowest BCUT2D eigenvalue weighted by atomic mass is 9.94. The van der Waals surface area contributed by atoms with Crippen LogP contribution in [0.2, 0.25) is 5.28 Å². The number of hydrogen-bond acceptors (Lipinski definition) is 2. The third-order valence-electron chi connectivity index (χ3n) is 3.61. The number of likely N-dealkylation sites (tertiary alicyclic amines) is 1. The first-order valence-electron chi connectivity index (χ1n) is 6.19. The monoisotopic (exact) mass is 241 g/mol. The van der Waals surface area contributed by atoms with E-state index in [1.807, 2.05) is 6.20 Å². The topological polar surface area (TPSA) is 21.1 Å². The Hall–Kier alpha value is -0.540. The van der Waals surface area contributed by atoms with Crippen LogP contribution >= 0.6 is 11.6 Å². The second-order valence-electron chi connectivity index (χ2n) is 4.40. The van der Waals surface area contributed by atoms with Gasteiger partial charge in [-0.25, -0.2) is 4.98 Å². The zero-order chi connectivity index (χ0) is 11.5. The summed E-state index contributed by atoms with van der Waals surface area (Å²) in [5.41, 5.74) is 1.32. The van der Waals surface area contributed by atoms with Gasteiger partial charge in [-0.1, -0.05) is 6.92 Å². The third kappa shape index (κ3) is 2.25. The molecule has 0 N–H and O–H groups in total. The maximum absolute atomic E-state index is 6.06. The SMILES string of the molecule is CCN1CCC(c2cnc(Cl)n2CC)CC1. The van der Waals surface area contributed by atoms with Gasteiger partial charge in [-0.05, 0) is 51.0 Å². The van der Waals surface area contributed by atoms with Gasteiger partial charge in [-0.15, -0.1) is 0 Å². The number of nitrogens with zero attached hydrogens (tertiary/aromatic N) is 3. The Balaban J connectivity index is 2.08. The second-order valence-corrected chi connectivity index (χ2v) is 4.74. The van der Waals surface area contributed by atoms with Crippen LogP contribution in [0, 0.1) is 0 Å². The van der Waals surface area contributed by atoms with E-state index in [0.29, 0.717) is 11.2 Å². The van der Waals surface area contributed by atoms with Crippen molar-refractivity contribution >= 4 is 11.6 Å². The summed E-state index contributed by atoms with van der Waals surface area (Å²) in [5, 5.41) is 0.635. The predicted octanol–water partition coefficient (Wildman–Crippen LogP) is 2.76. The van der Waals surface area contributed by atoms with Crippen LogP contribution < -0.4 is 0 Å². The molecule has 1 aromatic rings. The van der Waals surface area contributed by atoms with Crippen molar-refractivity contribution in [3.63, 3.8) is 0 Å². The molecule has 1 saturated heterocycles. The van der Waals surface area contributed by atoms with E-state index in [2.05, 4.69) is 28.3 Å². The Morgan fingerprint density at radius 3 is 2.56 bits per heavy atom. The Labute approximate surface area is 102 Å². The molecular formula is C12H20ClN3. The smallest absolute Gasteiger partial charge is 0.202 e. The lowest BCUT2D eigenvalue weighted by molar-refractivity contribution is 0.219. The van der Waals surface area contributed by atoms with E-state index in [-0.39, 0.29) is 0 Å². The molecule has 0 spiro atoms. The number of aromatic nitrogens is 2. The maximum Gasteiger partial charge on any atom is 0.202 e. The highest BCUT2D eigenvalue weighted by molar-refractivity contribution is 6.28. The van der Waals surface area contributed by atoms with Gasteiger partial charge in [0.25, 0.3) is 0 Å². The Morgan fingerprint density at radius 2 is 2.00 bits per heavy atom. The van der Waals surface area contributed by atoms with Crippen LogP contribution in [0.4, 0.5) is 0 Å². The first-order valence-corrected chi connectivity index (χ1v) is 6.57.